The molecule has 8 heteroatoms. The van der Waals surface area contributed by atoms with Crippen molar-refractivity contribution in [2.75, 3.05) is 18.8 Å². The molecule has 1 aromatic heterocycles. The Morgan fingerprint density at radius 3 is 2.68 bits per heavy atom. The fourth-order valence-corrected chi connectivity index (χ4v) is 4.56. The third-order valence-corrected chi connectivity index (χ3v) is 6.06. The van der Waals surface area contributed by atoms with Crippen molar-refractivity contribution in [1.29, 1.82) is 0 Å². The number of halogens is 1. The lowest BCUT2D eigenvalue weighted by atomic mass is 9.73. The highest BCUT2D eigenvalue weighted by molar-refractivity contribution is 7.22. The number of hydrogen-bond acceptors (Lipinski definition) is 5. The summed E-state index contributed by atoms with van der Waals surface area (Å²) in [7, 11) is 0. The molecule has 4 rings (SSSR count). The second-order valence-corrected chi connectivity index (χ2v) is 8.33. The highest BCUT2D eigenvalue weighted by Crippen LogP contribution is 2.36. The summed E-state index contributed by atoms with van der Waals surface area (Å²) in [5.74, 6) is -1.10. The first-order chi connectivity index (χ1) is 13.3. The Bertz CT molecular complexity index is 1100. The van der Waals surface area contributed by atoms with E-state index in [4.69, 9.17) is 11.5 Å². The van der Waals surface area contributed by atoms with E-state index < -0.39 is 11.3 Å². The lowest BCUT2D eigenvalue weighted by Gasteiger charge is -2.48. The summed E-state index contributed by atoms with van der Waals surface area (Å²) >= 11 is 1.32. The molecule has 2 aromatic carbocycles. The molecule has 2 amide bonds. The summed E-state index contributed by atoms with van der Waals surface area (Å²) in [6.07, 6.45) is 0.169. The minimum Gasteiger partial charge on any atom is -0.375 e. The third-order valence-electron chi connectivity index (χ3n) is 5.23. The molecule has 0 saturated carbocycles. The lowest BCUT2D eigenvalue weighted by Crippen LogP contribution is -2.65. The maximum atomic E-state index is 14.0. The van der Waals surface area contributed by atoms with Crippen LogP contribution in [0.15, 0.2) is 36.4 Å². The zero-order valence-corrected chi connectivity index (χ0v) is 16.1. The molecule has 3 aromatic rings. The number of nitrogens with two attached hydrogens (primary N) is 2. The second kappa shape index (κ2) is 6.56. The summed E-state index contributed by atoms with van der Waals surface area (Å²) in [5.41, 5.74) is 13.0. The molecule has 0 atom stereocenters. The monoisotopic (exact) mass is 398 g/mol. The van der Waals surface area contributed by atoms with Gasteiger partial charge in [0.2, 0.25) is 5.91 Å². The molecular weight excluding hydrogens is 379 g/mol. The van der Waals surface area contributed by atoms with Crippen LogP contribution < -0.4 is 11.5 Å². The molecule has 0 bridgehead atoms. The number of amides is 2. The van der Waals surface area contributed by atoms with E-state index in [1.165, 1.54) is 17.4 Å². The second-order valence-electron chi connectivity index (χ2n) is 7.27. The average molecular weight is 398 g/mol. The zero-order valence-electron chi connectivity index (χ0n) is 15.2. The molecule has 28 heavy (non-hydrogen) atoms. The smallest absolute Gasteiger partial charge is 0.253 e. The van der Waals surface area contributed by atoms with Crippen LogP contribution in [-0.4, -0.2) is 34.8 Å². The number of nitrogens with zero attached hydrogens (tertiary/aromatic N) is 2. The molecule has 1 saturated heterocycles. The van der Waals surface area contributed by atoms with Gasteiger partial charge in [0.25, 0.3) is 5.91 Å². The number of benzene rings is 2. The number of carbonyl (C=O) groups is 2. The highest BCUT2D eigenvalue weighted by Gasteiger charge is 2.50. The minimum absolute atomic E-state index is 0.164. The van der Waals surface area contributed by atoms with E-state index in [2.05, 4.69) is 4.98 Å². The van der Waals surface area contributed by atoms with Crippen molar-refractivity contribution in [2.24, 2.45) is 11.1 Å². The fraction of sp³-hybridized carbons (Fsp3) is 0.250. The molecule has 1 aliphatic heterocycles. The van der Waals surface area contributed by atoms with Gasteiger partial charge in [-0.25, -0.2) is 9.37 Å². The lowest BCUT2D eigenvalue weighted by molar-refractivity contribution is -0.135. The van der Waals surface area contributed by atoms with Crippen LogP contribution in [0, 0.1) is 18.2 Å². The van der Waals surface area contributed by atoms with Gasteiger partial charge in [-0.15, -0.1) is 0 Å². The number of thiazole rings is 1. The Morgan fingerprint density at radius 2 is 2.00 bits per heavy atom. The van der Waals surface area contributed by atoms with Gasteiger partial charge in [0.1, 0.15) is 5.82 Å². The molecular formula is C20H19FN4O2S. The summed E-state index contributed by atoms with van der Waals surface area (Å²) in [5, 5.41) is 0.448. The largest absolute Gasteiger partial charge is 0.375 e. The first kappa shape index (κ1) is 18.4. The Morgan fingerprint density at radius 1 is 1.29 bits per heavy atom. The van der Waals surface area contributed by atoms with Gasteiger partial charge in [0.05, 0.1) is 15.6 Å². The third kappa shape index (κ3) is 2.99. The molecule has 1 fully saturated rings. The van der Waals surface area contributed by atoms with Crippen LogP contribution in [0.2, 0.25) is 0 Å². The van der Waals surface area contributed by atoms with Crippen LogP contribution in [0.4, 0.5) is 9.52 Å². The van der Waals surface area contributed by atoms with E-state index in [0.717, 1.165) is 15.8 Å². The maximum Gasteiger partial charge on any atom is 0.253 e. The van der Waals surface area contributed by atoms with Crippen molar-refractivity contribution in [3.63, 3.8) is 0 Å². The van der Waals surface area contributed by atoms with Gasteiger partial charge in [-0.2, -0.15) is 0 Å². The zero-order chi connectivity index (χ0) is 20.1. The number of likely N-dealkylation sites (tertiary alicyclic amines) is 1. The quantitative estimate of drug-likeness (QED) is 0.705. The number of nitrogen functional groups attached to an aromatic ring is 1. The van der Waals surface area contributed by atoms with E-state index >= 15 is 0 Å². The van der Waals surface area contributed by atoms with Gasteiger partial charge in [-0.3, -0.25) is 9.59 Å². The first-order valence-corrected chi connectivity index (χ1v) is 9.60. The van der Waals surface area contributed by atoms with E-state index in [1.807, 2.05) is 6.92 Å². The standard InChI is InChI=1S/C20H19FN4O2S/c1-11-6-13(7-15-16(11)24-19(23)28-15)17(26)25-9-20(10-25,18(22)27)8-12-4-2-3-5-14(12)21/h2-7H,8-10H2,1H3,(H2,22,27)(H2,23,24). The molecule has 0 aliphatic carbocycles. The molecule has 0 unspecified atom stereocenters. The van der Waals surface area contributed by atoms with Crippen LogP contribution in [0.25, 0.3) is 10.2 Å². The molecule has 1 aliphatic rings. The number of hydrogen-bond donors (Lipinski definition) is 2. The van der Waals surface area contributed by atoms with Gasteiger partial charge >= 0.3 is 0 Å². The van der Waals surface area contributed by atoms with E-state index in [0.29, 0.717) is 16.3 Å². The normalized spacial score (nSPS) is 15.4. The van der Waals surface area contributed by atoms with Gasteiger partial charge in [-0.1, -0.05) is 29.5 Å². The number of rotatable bonds is 4. The molecule has 6 nitrogen and oxygen atoms in total. The van der Waals surface area contributed by atoms with Crippen molar-refractivity contribution in [1.82, 2.24) is 9.88 Å². The first-order valence-electron chi connectivity index (χ1n) is 8.78. The van der Waals surface area contributed by atoms with Crippen LogP contribution in [0.5, 0.6) is 0 Å². The SMILES string of the molecule is Cc1cc(C(=O)N2CC(Cc3ccccc3F)(C(N)=O)C2)cc2sc(N)nc12. The number of carbonyl (C=O) groups excluding carboxylic acids is 2. The molecule has 144 valence electrons. The van der Waals surface area contributed by atoms with Crippen LogP contribution >= 0.6 is 11.3 Å². The van der Waals surface area contributed by atoms with Gasteiger partial charge in [0.15, 0.2) is 5.13 Å². The summed E-state index contributed by atoms with van der Waals surface area (Å²) in [4.78, 5) is 30.8. The highest BCUT2D eigenvalue weighted by atomic mass is 32.1. The predicted molar refractivity (Wildman–Crippen MR) is 106 cm³/mol. The molecule has 4 N–H and O–H groups in total. The van der Waals surface area contributed by atoms with Crippen molar-refractivity contribution >= 4 is 38.5 Å². The minimum atomic E-state index is -0.952. The fourth-order valence-electron chi connectivity index (χ4n) is 3.71. The van der Waals surface area contributed by atoms with E-state index in [-0.39, 0.29) is 31.2 Å². The maximum absolute atomic E-state index is 14.0. The van der Waals surface area contributed by atoms with E-state index in [1.54, 1.807) is 35.2 Å². The Labute approximate surface area is 165 Å². The van der Waals surface area contributed by atoms with Crippen molar-refractivity contribution in [2.45, 2.75) is 13.3 Å². The van der Waals surface area contributed by atoms with Crippen LogP contribution in [-0.2, 0) is 11.2 Å². The predicted octanol–water partition coefficient (Wildman–Crippen LogP) is 2.50. The topological polar surface area (TPSA) is 102 Å². The number of aryl methyl sites for hydroxylation is 1. The van der Waals surface area contributed by atoms with Gasteiger partial charge < -0.3 is 16.4 Å². The van der Waals surface area contributed by atoms with Crippen molar-refractivity contribution < 1.29 is 14.0 Å². The number of aromatic nitrogens is 1. The van der Waals surface area contributed by atoms with Gasteiger partial charge in [0, 0.05) is 18.7 Å². The molecule has 0 spiro atoms. The van der Waals surface area contributed by atoms with Gasteiger partial charge in [-0.05, 0) is 42.7 Å². The number of primary amides is 1. The molecule has 0 radical (unpaired) electrons. The van der Waals surface area contributed by atoms with Crippen LogP contribution in [0.1, 0.15) is 21.5 Å². The average Bonchev–Trinajstić information content (AvgIpc) is 2.99. The Hall–Kier alpha value is -3.00. The summed E-state index contributed by atoms with van der Waals surface area (Å²) in [6.45, 7) is 2.20. The van der Waals surface area contributed by atoms with E-state index in [9.17, 15) is 14.0 Å². The summed E-state index contributed by atoms with van der Waals surface area (Å²) < 4.78 is 14.9. The Kier molecular flexibility index (Phi) is 4.30. The van der Waals surface area contributed by atoms with Crippen molar-refractivity contribution in [3.8, 4) is 0 Å². The number of fused-ring (bicyclic) bond motifs is 1. The number of anilines is 1. The van der Waals surface area contributed by atoms with Crippen LogP contribution in [0.3, 0.4) is 0 Å². The van der Waals surface area contributed by atoms with Crippen molar-refractivity contribution in [3.05, 3.63) is 58.9 Å². The molecule has 2 heterocycles. The Balaban J connectivity index is 1.56. The summed E-state index contributed by atoms with van der Waals surface area (Å²) in [6, 6.07) is 9.83.